The molecule has 2 N–H and O–H groups in total. The van der Waals surface area contributed by atoms with Gasteiger partial charge in [0.15, 0.2) is 0 Å². The number of amides is 1. The van der Waals surface area contributed by atoms with Gasteiger partial charge in [0.1, 0.15) is 0 Å². The number of carbonyl (C=O) groups excluding carboxylic acids is 1. The van der Waals surface area contributed by atoms with Gasteiger partial charge in [0.25, 0.3) is 0 Å². The lowest BCUT2D eigenvalue weighted by Gasteiger charge is -2.00. The molecule has 0 radical (unpaired) electrons. The van der Waals surface area contributed by atoms with Crippen LogP contribution in [0.5, 0.6) is 0 Å². The molecule has 0 fully saturated rings. The van der Waals surface area contributed by atoms with E-state index in [4.69, 9.17) is 5.73 Å². The van der Waals surface area contributed by atoms with Gasteiger partial charge in [-0.1, -0.05) is 6.08 Å². The van der Waals surface area contributed by atoms with Gasteiger partial charge in [0.05, 0.1) is 13.1 Å². The monoisotopic (exact) mass is 125 g/mol. The molecule has 48 valence electrons. The molecule has 1 aliphatic rings. The van der Waals surface area contributed by atoms with E-state index in [9.17, 15) is 4.79 Å². The summed E-state index contributed by atoms with van der Waals surface area (Å²) in [5.74, 6) is -0.395. The normalized spacial score (nSPS) is 17.1. The summed E-state index contributed by atoms with van der Waals surface area (Å²) in [5, 5.41) is 7.29. The Labute approximate surface area is 52.5 Å². The molecule has 0 aliphatic carbocycles. The Bertz CT molecular complexity index is 183. The summed E-state index contributed by atoms with van der Waals surface area (Å²) >= 11 is 0. The summed E-state index contributed by atoms with van der Waals surface area (Å²) in [6, 6.07) is 0. The van der Waals surface area contributed by atoms with E-state index in [1.54, 1.807) is 6.08 Å². The van der Waals surface area contributed by atoms with E-state index < -0.39 is 5.91 Å². The Balaban J connectivity index is 2.61. The lowest BCUT2D eigenvalue weighted by Crippen LogP contribution is -2.17. The quantitative estimate of drug-likeness (QED) is 0.520. The van der Waals surface area contributed by atoms with Crippen LogP contribution in [0.3, 0.4) is 0 Å². The van der Waals surface area contributed by atoms with Crippen LogP contribution < -0.4 is 5.73 Å². The molecule has 0 aromatic carbocycles. The van der Waals surface area contributed by atoms with Crippen molar-refractivity contribution in [3.05, 3.63) is 11.6 Å². The minimum atomic E-state index is -0.395. The van der Waals surface area contributed by atoms with E-state index >= 15 is 0 Å². The number of nitrogens with two attached hydrogens (primary N) is 1. The van der Waals surface area contributed by atoms with Gasteiger partial charge >= 0.3 is 0 Å². The number of hydrogen-bond donors (Lipinski definition) is 1. The number of hydrogen-bond acceptors (Lipinski definition) is 3. The highest BCUT2D eigenvalue weighted by Gasteiger charge is 2.04. The molecular weight excluding hydrogens is 118 g/mol. The fraction of sp³-hybridized carbons (Fsp3) is 0.400. The average Bonchev–Trinajstić information content (AvgIpc) is 1.90. The smallest absolute Gasteiger partial charge is 0.246 e. The standard InChI is InChI=1S/C5H7N3O/c6-5(9)4-1-2-7-8-3-4/h1H,2-3H2,(H2,6,9). The van der Waals surface area contributed by atoms with Crippen LogP contribution in [0.1, 0.15) is 0 Å². The van der Waals surface area contributed by atoms with E-state index in [2.05, 4.69) is 10.2 Å². The van der Waals surface area contributed by atoms with Crippen molar-refractivity contribution < 1.29 is 4.79 Å². The molecule has 1 aliphatic heterocycles. The number of azo groups is 1. The van der Waals surface area contributed by atoms with Gasteiger partial charge in [-0.3, -0.25) is 4.79 Å². The maximum atomic E-state index is 10.4. The predicted octanol–water partition coefficient (Wildman–Crippen LogP) is -0.136. The maximum Gasteiger partial charge on any atom is 0.246 e. The first-order chi connectivity index (χ1) is 4.30. The van der Waals surface area contributed by atoms with Crippen LogP contribution in [-0.2, 0) is 4.79 Å². The molecule has 0 aromatic heterocycles. The third kappa shape index (κ3) is 1.35. The fourth-order valence-corrected chi connectivity index (χ4v) is 0.578. The first-order valence-corrected chi connectivity index (χ1v) is 2.63. The predicted molar refractivity (Wildman–Crippen MR) is 31.9 cm³/mol. The number of rotatable bonds is 1. The zero-order valence-electron chi connectivity index (χ0n) is 4.87. The van der Waals surface area contributed by atoms with E-state index in [1.807, 2.05) is 0 Å². The second kappa shape index (κ2) is 2.39. The number of nitrogens with zero attached hydrogens (tertiary/aromatic N) is 2. The third-order valence-corrected chi connectivity index (χ3v) is 1.08. The van der Waals surface area contributed by atoms with Crippen molar-refractivity contribution in [2.75, 3.05) is 13.1 Å². The fourth-order valence-electron chi connectivity index (χ4n) is 0.578. The molecule has 0 atom stereocenters. The summed E-state index contributed by atoms with van der Waals surface area (Å²) in [5.41, 5.74) is 5.52. The van der Waals surface area contributed by atoms with Gasteiger partial charge in [-0.2, -0.15) is 10.2 Å². The van der Waals surface area contributed by atoms with Crippen LogP contribution in [0.25, 0.3) is 0 Å². The molecule has 1 amide bonds. The van der Waals surface area contributed by atoms with Crippen molar-refractivity contribution in [2.45, 2.75) is 0 Å². The van der Waals surface area contributed by atoms with E-state index in [1.165, 1.54) is 0 Å². The van der Waals surface area contributed by atoms with Gasteiger partial charge in [-0.15, -0.1) is 0 Å². The van der Waals surface area contributed by atoms with Crippen LogP contribution in [-0.4, -0.2) is 19.0 Å². The second-order valence-electron chi connectivity index (χ2n) is 1.72. The van der Waals surface area contributed by atoms with Gasteiger partial charge in [0, 0.05) is 5.57 Å². The Morgan fingerprint density at radius 1 is 1.67 bits per heavy atom. The first-order valence-electron chi connectivity index (χ1n) is 2.63. The molecule has 0 unspecified atom stereocenters. The van der Waals surface area contributed by atoms with Crippen molar-refractivity contribution in [3.63, 3.8) is 0 Å². The highest BCUT2D eigenvalue weighted by molar-refractivity contribution is 5.92. The molecule has 0 aromatic rings. The minimum Gasteiger partial charge on any atom is -0.366 e. The average molecular weight is 125 g/mol. The first kappa shape index (κ1) is 5.94. The molecule has 0 bridgehead atoms. The van der Waals surface area contributed by atoms with Crippen molar-refractivity contribution in [2.24, 2.45) is 16.0 Å². The number of carbonyl (C=O) groups is 1. The summed E-state index contributed by atoms with van der Waals surface area (Å²) in [4.78, 5) is 10.4. The van der Waals surface area contributed by atoms with Crippen LogP contribution in [0.2, 0.25) is 0 Å². The summed E-state index contributed by atoms with van der Waals surface area (Å²) in [6.07, 6.45) is 1.69. The Kier molecular flexibility index (Phi) is 1.58. The molecule has 1 rings (SSSR count). The van der Waals surface area contributed by atoms with Crippen molar-refractivity contribution in [3.8, 4) is 0 Å². The Hall–Kier alpha value is -1.19. The summed E-state index contributed by atoms with van der Waals surface area (Å²) < 4.78 is 0. The number of primary amides is 1. The van der Waals surface area contributed by atoms with E-state index in [-0.39, 0.29) is 0 Å². The van der Waals surface area contributed by atoms with Gasteiger partial charge in [-0.05, 0) is 0 Å². The van der Waals surface area contributed by atoms with Crippen LogP contribution in [0.15, 0.2) is 21.9 Å². The topological polar surface area (TPSA) is 67.8 Å². The Morgan fingerprint density at radius 3 is 2.78 bits per heavy atom. The Morgan fingerprint density at radius 2 is 2.44 bits per heavy atom. The SMILES string of the molecule is NC(=O)C1=CCN=NC1. The third-order valence-electron chi connectivity index (χ3n) is 1.08. The van der Waals surface area contributed by atoms with E-state index in [0.717, 1.165) is 0 Å². The lowest BCUT2D eigenvalue weighted by molar-refractivity contribution is -0.114. The lowest BCUT2D eigenvalue weighted by atomic mass is 10.2. The molecule has 0 saturated heterocycles. The molecule has 0 saturated carbocycles. The van der Waals surface area contributed by atoms with Gasteiger partial charge in [-0.25, -0.2) is 0 Å². The summed E-state index contributed by atoms with van der Waals surface area (Å²) in [7, 11) is 0. The van der Waals surface area contributed by atoms with Crippen LogP contribution in [0.4, 0.5) is 0 Å². The zero-order chi connectivity index (χ0) is 6.69. The highest BCUT2D eigenvalue weighted by Crippen LogP contribution is 1.99. The summed E-state index contributed by atoms with van der Waals surface area (Å²) in [6.45, 7) is 0.827. The molecule has 9 heavy (non-hydrogen) atoms. The van der Waals surface area contributed by atoms with E-state index in [0.29, 0.717) is 18.7 Å². The van der Waals surface area contributed by atoms with Crippen LogP contribution >= 0.6 is 0 Å². The molecular formula is C5H7N3O. The highest BCUT2D eigenvalue weighted by atomic mass is 16.1. The largest absolute Gasteiger partial charge is 0.366 e. The van der Waals surface area contributed by atoms with Crippen molar-refractivity contribution >= 4 is 5.91 Å². The molecule has 0 spiro atoms. The zero-order valence-corrected chi connectivity index (χ0v) is 4.87. The maximum absolute atomic E-state index is 10.4. The molecule has 1 heterocycles. The van der Waals surface area contributed by atoms with Crippen molar-refractivity contribution in [1.29, 1.82) is 0 Å². The van der Waals surface area contributed by atoms with Gasteiger partial charge < -0.3 is 5.73 Å². The minimum absolute atomic E-state index is 0.343. The van der Waals surface area contributed by atoms with Crippen molar-refractivity contribution in [1.82, 2.24) is 0 Å². The molecule has 4 nitrogen and oxygen atoms in total. The molecule has 4 heteroatoms. The van der Waals surface area contributed by atoms with Crippen LogP contribution in [0, 0.1) is 0 Å². The second-order valence-corrected chi connectivity index (χ2v) is 1.72. The van der Waals surface area contributed by atoms with Gasteiger partial charge in [0.2, 0.25) is 5.91 Å².